The summed E-state index contributed by atoms with van der Waals surface area (Å²) in [6.45, 7) is 12.3. The minimum Gasteiger partial charge on any atom is -0.464 e. The number of ether oxygens (including phenoxy) is 4. The number of esters is 2. The standard InChI is InChI=1S/C18H19N2O4.C18H17N2O4.C5H12O2.Ir/c2*1-13(2)17(21)23-12-11-20-18(22)24-15-8-6-14(7-9-15)16-5-3-4-10-19-16;1-4(6)3-5(2)7;/h3-6,8-10,13H,11-12H2,1-2H3,(H,20,22);3-6,8-10H,1,11-12H2,2H3,(H,20,22);4-7H,3H2,1-2H3;/q2*-1;;. The van der Waals surface area contributed by atoms with Crippen molar-refractivity contribution < 1.29 is 68.4 Å². The van der Waals surface area contributed by atoms with Crippen molar-refractivity contribution in [3.8, 4) is 34.0 Å². The second kappa shape index (κ2) is 27.2. The minimum atomic E-state index is -0.639. The van der Waals surface area contributed by atoms with E-state index in [0.29, 0.717) is 23.5 Å². The van der Waals surface area contributed by atoms with Gasteiger partial charge in [-0.1, -0.05) is 44.7 Å². The van der Waals surface area contributed by atoms with E-state index in [1.807, 2.05) is 36.4 Å². The van der Waals surface area contributed by atoms with Gasteiger partial charge in [0.1, 0.15) is 13.2 Å². The summed E-state index contributed by atoms with van der Waals surface area (Å²) in [5, 5.41) is 22.1. The summed E-state index contributed by atoms with van der Waals surface area (Å²) in [5.41, 5.74) is 3.49. The number of rotatable bonds is 14. The van der Waals surface area contributed by atoms with Crippen LogP contribution in [0, 0.1) is 18.1 Å². The third kappa shape index (κ3) is 20.8. The Hall–Kier alpha value is -5.47. The van der Waals surface area contributed by atoms with Crippen molar-refractivity contribution in [1.82, 2.24) is 20.6 Å². The molecular weight excluding hydrogens is 901 g/mol. The molecule has 2 heterocycles. The topological polar surface area (TPSA) is 196 Å². The summed E-state index contributed by atoms with van der Waals surface area (Å²) >= 11 is 0. The Morgan fingerprint density at radius 3 is 1.48 bits per heavy atom. The average molecular weight is 949 g/mol. The molecule has 2 unspecified atom stereocenters. The van der Waals surface area contributed by atoms with E-state index >= 15 is 0 Å². The van der Waals surface area contributed by atoms with Crippen molar-refractivity contribution in [3.05, 3.63) is 109 Å². The van der Waals surface area contributed by atoms with E-state index < -0.39 is 18.2 Å². The molecule has 0 fully saturated rings. The summed E-state index contributed by atoms with van der Waals surface area (Å²) < 4.78 is 20.0. The van der Waals surface area contributed by atoms with E-state index in [2.05, 4.69) is 39.3 Å². The van der Waals surface area contributed by atoms with Crippen molar-refractivity contribution >= 4 is 24.1 Å². The van der Waals surface area contributed by atoms with Crippen LogP contribution in [0.2, 0.25) is 0 Å². The zero-order valence-corrected chi connectivity index (χ0v) is 34.3. The normalized spacial score (nSPS) is 11.0. The predicted molar refractivity (Wildman–Crippen MR) is 205 cm³/mol. The van der Waals surface area contributed by atoms with Crippen LogP contribution in [0.15, 0.2) is 97.3 Å². The zero-order chi connectivity index (χ0) is 40.6. The average Bonchev–Trinajstić information content (AvgIpc) is 3.16. The Kier molecular flexibility index (Phi) is 23.6. The van der Waals surface area contributed by atoms with Crippen molar-refractivity contribution in [2.75, 3.05) is 26.3 Å². The maximum Gasteiger partial charge on any atom is 0.403 e. The van der Waals surface area contributed by atoms with Gasteiger partial charge >= 0.3 is 24.1 Å². The second-order valence-corrected chi connectivity index (χ2v) is 12.1. The molecule has 2 aromatic carbocycles. The third-order valence-corrected chi connectivity index (χ3v) is 6.59. The first-order valence-electron chi connectivity index (χ1n) is 17.4. The van der Waals surface area contributed by atoms with E-state index in [-0.39, 0.29) is 70.5 Å². The molecule has 0 aliphatic heterocycles. The molecule has 0 aliphatic carbocycles. The van der Waals surface area contributed by atoms with Gasteiger partial charge in [-0.3, -0.25) is 4.79 Å². The molecule has 4 rings (SSSR count). The molecule has 0 aliphatic rings. The van der Waals surface area contributed by atoms with Crippen LogP contribution in [0.25, 0.3) is 22.5 Å². The van der Waals surface area contributed by atoms with Crippen molar-refractivity contribution in [2.24, 2.45) is 5.92 Å². The number of nitrogens with one attached hydrogen (secondary N) is 2. The fraction of sp³-hybridized carbons (Fsp3) is 0.317. The molecule has 2 aromatic heterocycles. The number of aliphatic hydroxyl groups is 2. The molecule has 4 aromatic rings. The van der Waals surface area contributed by atoms with E-state index in [1.165, 1.54) is 0 Å². The summed E-state index contributed by atoms with van der Waals surface area (Å²) in [6.07, 6.45) is 1.87. The monoisotopic (exact) mass is 949 g/mol. The molecule has 15 heteroatoms. The Morgan fingerprint density at radius 1 is 0.714 bits per heavy atom. The molecule has 4 N–H and O–H groups in total. The van der Waals surface area contributed by atoms with Gasteiger partial charge in [0.25, 0.3) is 0 Å². The number of hydrogen-bond donors (Lipinski definition) is 4. The van der Waals surface area contributed by atoms with Gasteiger partial charge in [0, 0.05) is 49.6 Å². The van der Waals surface area contributed by atoms with Crippen LogP contribution in [0.1, 0.15) is 41.0 Å². The molecule has 303 valence electrons. The summed E-state index contributed by atoms with van der Waals surface area (Å²) in [6, 6.07) is 27.2. The Bertz CT molecular complexity index is 1750. The van der Waals surface area contributed by atoms with Crippen molar-refractivity contribution in [3.63, 3.8) is 0 Å². The van der Waals surface area contributed by atoms with Gasteiger partial charge < -0.3 is 49.8 Å². The smallest absolute Gasteiger partial charge is 0.403 e. The third-order valence-electron chi connectivity index (χ3n) is 6.59. The fourth-order valence-corrected chi connectivity index (χ4v) is 3.98. The zero-order valence-electron chi connectivity index (χ0n) is 31.9. The first kappa shape index (κ1) is 48.5. The molecule has 1 radical (unpaired) electrons. The van der Waals surface area contributed by atoms with Crippen molar-refractivity contribution in [2.45, 2.75) is 53.2 Å². The predicted octanol–water partition coefficient (Wildman–Crippen LogP) is 5.73. The number of amides is 2. The van der Waals surface area contributed by atoms with Crippen LogP contribution in [0.4, 0.5) is 9.59 Å². The molecular formula is C41H48IrN4O10-2. The van der Waals surface area contributed by atoms with Crippen LogP contribution in [-0.4, -0.2) is 82.8 Å². The van der Waals surface area contributed by atoms with E-state index in [4.69, 9.17) is 29.2 Å². The number of benzene rings is 2. The minimum absolute atomic E-state index is 0. The SMILES string of the molecule is C=C(C)C(=O)OCCNC(=O)Oc1c[c-]c(-c2ccccn2)cc1.CC(C)C(=O)OCCNC(=O)Oc1c[c-]c(-c2ccccn2)cc1.CC(O)CC(C)O.[Ir]. The van der Waals surface area contributed by atoms with Gasteiger partial charge in [-0.05, 0) is 50.7 Å². The number of nitrogens with zero attached hydrogens (tertiary/aromatic N) is 2. The van der Waals surface area contributed by atoms with Crippen LogP contribution >= 0.6 is 0 Å². The molecule has 0 saturated heterocycles. The number of pyridine rings is 2. The molecule has 2 atom stereocenters. The molecule has 0 spiro atoms. The van der Waals surface area contributed by atoms with Crippen molar-refractivity contribution in [1.29, 1.82) is 0 Å². The van der Waals surface area contributed by atoms with Gasteiger partial charge in [-0.15, -0.1) is 59.7 Å². The summed E-state index contributed by atoms with van der Waals surface area (Å²) in [4.78, 5) is 54.1. The molecule has 2 amide bonds. The van der Waals surface area contributed by atoms with Gasteiger partial charge in [0.2, 0.25) is 0 Å². The maximum absolute atomic E-state index is 11.6. The van der Waals surface area contributed by atoms with Gasteiger partial charge in [0.15, 0.2) is 0 Å². The Balaban J connectivity index is 0.000000472. The van der Waals surface area contributed by atoms with E-state index in [0.717, 1.165) is 22.5 Å². The first-order chi connectivity index (χ1) is 26.2. The first-order valence-corrected chi connectivity index (χ1v) is 17.4. The summed E-state index contributed by atoms with van der Waals surface area (Å²) in [5.74, 6) is -0.266. The number of aliphatic hydroxyl groups excluding tert-OH is 2. The van der Waals surface area contributed by atoms with Crippen LogP contribution in [0.5, 0.6) is 11.5 Å². The number of hydrogen-bond acceptors (Lipinski definition) is 12. The summed E-state index contributed by atoms with van der Waals surface area (Å²) in [7, 11) is 0. The van der Waals surface area contributed by atoms with E-state index in [1.54, 1.807) is 83.4 Å². The molecule has 14 nitrogen and oxygen atoms in total. The molecule has 0 bridgehead atoms. The Morgan fingerprint density at radius 2 is 1.16 bits per heavy atom. The fourth-order valence-electron chi connectivity index (χ4n) is 3.98. The van der Waals surface area contributed by atoms with E-state index in [9.17, 15) is 19.2 Å². The molecule has 0 saturated carbocycles. The van der Waals surface area contributed by atoms with Crippen LogP contribution in [0.3, 0.4) is 0 Å². The van der Waals surface area contributed by atoms with Gasteiger partial charge in [-0.25, -0.2) is 14.4 Å². The van der Waals surface area contributed by atoms with Crippen LogP contribution < -0.4 is 20.1 Å². The van der Waals surface area contributed by atoms with Crippen LogP contribution in [-0.2, 0) is 39.2 Å². The number of aromatic nitrogens is 2. The Labute approximate surface area is 341 Å². The largest absolute Gasteiger partial charge is 0.464 e. The quantitative estimate of drug-likeness (QED) is 0.0520. The maximum atomic E-state index is 11.6. The number of carbonyl (C=O) groups excluding carboxylic acids is 4. The second-order valence-electron chi connectivity index (χ2n) is 12.1. The van der Waals surface area contributed by atoms with Gasteiger partial charge in [0.05, 0.1) is 31.2 Å². The van der Waals surface area contributed by atoms with Gasteiger partial charge in [-0.2, -0.15) is 0 Å². The molecule has 56 heavy (non-hydrogen) atoms. The number of carbonyl (C=O) groups is 4.